The molecule has 3 aromatic rings. The third-order valence-electron chi connectivity index (χ3n) is 3.50. The SMILES string of the molecule is C(/C=C/P(c1ccccc1)c1ccccc1)=C\c1ccccc1. The van der Waals surface area contributed by atoms with Crippen molar-refractivity contribution in [2.24, 2.45) is 0 Å². The van der Waals surface area contributed by atoms with Crippen molar-refractivity contribution in [2.75, 3.05) is 0 Å². The minimum atomic E-state index is -0.463. The molecule has 0 aliphatic carbocycles. The Hall–Kier alpha value is -2.43. The lowest BCUT2D eigenvalue weighted by atomic mass is 10.2. The Labute approximate surface area is 139 Å². The molecule has 0 radical (unpaired) electrons. The maximum Gasteiger partial charge on any atom is -0.0157 e. The summed E-state index contributed by atoms with van der Waals surface area (Å²) in [5.74, 6) is 2.32. The smallest absolute Gasteiger partial charge is 0.0157 e. The first-order valence-corrected chi connectivity index (χ1v) is 9.14. The van der Waals surface area contributed by atoms with Gasteiger partial charge in [0.05, 0.1) is 0 Å². The van der Waals surface area contributed by atoms with Crippen LogP contribution in [0.25, 0.3) is 6.08 Å². The molecule has 0 saturated carbocycles. The molecule has 0 spiro atoms. The molecule has 0 N–H and O–H groups in total. The summed E-state index contributed by atoms with van der Waals surface area (Å²) in [6.45, 7) is 0. The van der Waals surface area contributed by atoms with Gasteiger partial charge in [-0.15, -0.1) is 0 Å². The average molecular weight is 314 g/mol. The van der Waals surface area contributed by atoms with E-state index in [0.717, 1.165) is 0 Å². The van der Waals surface area contributed by atoms with E-state index in [4.69, 9.17) is 0 Å². The van der Waals surface area contributed by atoms with E-state index in [1.54, 1.807) is 0 Å². The molecule has 23 heavy (non-hydrogen) atoms. The van der Waals surface area contributed by atoms with E-state index in [2.05, 4.69) is 109 Å². The van der Waals surface area contributed by atoms with Crippen molar-refractivity contribution in [1.82, 2.24) is 0 Å². The van der Waals surface area contributed by atoms with Crippen molar-refractivity contribution in [3.05, 3.63) is 115 Å². The van der Waals surface area contributed by atoms with Gasteiger partial charge in [-0.1, -0.05) is 115 Å². The minimum Gasteiger partial charge on any atom is -0.0622 e. The summed E-state index contributed by atoms with van der Waals surface area (Å²) in [6.07, 6.45) is 6.43. The fourth-order valence-electron chi connectivity index (χ4n) is 2.36. The Morgan fingerprint density at radius 1 is 0.522 bits per heavy atom. The summed E-state index contributed by atoms with van der Waals surface area (Å²) in [5, 5.41) is 2.75. The van der Waals surface area contributed by atoms with E-state index in [-0.39, 0.29) is 0 Å². The molecule has 0 saturated heterocycles. The predicted octanol–water partition coefficient (Wildman–Crippen LogP) is 5.35. The molecule has 3 rings (SSSR count). The van der Waals surface area contributed by atoms with E-state index < -0.39 is 7.92 Å². The maximum atomic E-state index is 2.32. The lowest BCUT2D eigenvalue weighted by Gasteiger charge is -2.13. The van der Waals surface area contributed by atoms with Crippen molar-refractivity contribution >= 4 is 24.6 Å². The molecule has 3 aromatic carbocycles. The van der Waals surface area contributed by atoms with Gasteiger partial charge in [-0.25, -0.2) is 0 Å². The van der Waals surface area contributed by atoms with Gasteiger partial charge in [-0.3, -0.25) is 0 Å². The molecule has 0 bridgehead atoms. The highest BCUT2D eigenvalue weighted by atomic mass is 31.1. The van der Waals surface area contributed by atoms with Crippen LogP contribution in [0, 0.1) is 0 Å². The maximum absolute atomic E-state index is 2.32. The third kappa shape index (κ3) is 4.52. The van der Waals surface area contributed by atoms with Crippen LogP contribution in [0.4, 0.5) is 0 Å². The number of hydrogen-bond donors (Lipinski definition) is 0. The first-order valence-electron chi connectivity index (χ1n) is 7.73. The average Bonchev–Trinajstić information content (AvgIpc) is 2.64. The van der Waals surface area contributed by atoms with E-state index in [9.17, 15) is 0 Å². The van der Waals surface area contributed by atoms with Gasteiger partial charge < -0.3 is 0 Å². The number of rotatable bonds is 5. The summed E-state index contributed by atoms with van der Waals surface area (Å²) >= 11 is 0. The molecule has 0 aliphatic heterocycles. The Morgan fingerprint density at radius 2 is 1.00 bits per heavy atom. The second kappa shape index (κ2) is 8.27. The van der Waals surface area contributed by atoms with Crippen LogP contribution in [-0.2, 0) is 0 Å². The Kier molecular flexibility index (Phi) is 5.56. The summed E-state index contributed by atoms with van der Waals surface area (Å²) in [6, 6.07) is 31.8. The quantitative estimate of drug-likeness (QED) is 0.440. The van der Waals surface area contributed by atoms with Gasteiger partial charge >= 0.3 is 0 Å². The number of hydrogen-bond acceptors (Lipinski definition) is 0. The van der Waals surface area contributed by atoms with Crippen molar-refractivity contribution in [2.45, 2.75) is 0 Å². The highest BCUT2D eigenvalue weighted by molar-refractivity contribution is 7.75. The molecule has 112 valence electrons. The molecular weight excluding hydrogens is 295 g/mol. The molecule has 0 atom stereocenters. The molecule has 0 nitrogen and oxygen atoms in total. The zero-order valence-electron chi connectivity index (χ0n) is 12.9. The van der Waals surface area contributed by atoms with E-state index >= 15 is 0 Å². The van der Waals surface area contributed by atoms with Crippen LogP contribution in [0.2, 0.25) is 0 Å². The highest BCUT2D eigenvalue weighted by Crippen LogP contribution is 2.34. The van der Waals surface area contributed by atoms with E-state index in [1.807, 2.05) is 6.07 Å². The highest BCUT2D eigenvalue weighted by Gasteiger charge is 2.08. The molecule has 1 heteroatoms. The summed E-state index contributed by atoms with van der Waals surface area (Å²) in [5.41, 5.74) is 1.22. The summed E-state index contributed by atoms with van der Waals surface area (Å²) < 4.78 is 0. The summed E-state index contributed by atoms with van der Waals surface area (Å²) in [7, 11) is -0.463. The first kappa shape index (κ1) is 15.5. The standard InChI is InChI=1S/C22H19P/c1-4-12-20(13-5-1)14-10-11-19-23(21-15-6-2-7-16-21)22-17-8-3-9-18-22/h1-19H/b14-10+,19-11+. The minimum absolute atomic E-state index is 0.463. The van der Waals surface area contributed by atoms with Crippen LogP contribution >= 0.6 is 7.92 Å². The van der Waals surface area contributed by atoms with Gasteiger partial charge in [0, 0.05) is 0 Å². The first-order chi connectivity index (χ1) is 11.4. The molecule has 0 aliphatic rings. The van der Waals surface area contributed by atoms with Crippen LogP contribution in [0.5, 0.6) is 0 Å². The fraction of sp³-hybridized carbons (Fsp3) is 0. The van der Waals surface area contributed by atoms with Crippen molar-refractivity contribution < 1.29 is 0 Å². The van der Waals surface area contributed by atoms with Gasteiger partial charge in [0.2, 0.25) is 0 Å². The van der Waals surface area contributed by atoms with E-state index in [1.165, 1.54) is 16.2 Å². The number of benzene rings is 3. The van der Waals surface area contributed by atoms with Gasteiger partial charge in [0.25, 0.3) is 0 Å². The van der Waals surface area contributed by atoms with Crippen LogP contribution in [0.3, 0.4) is 0 Å². The van der Waals surface area contributed by atoms with Gasteiger partial charge in [0.15, 0.2) is 0 Å². The lowest BCUT2D eigenvalue weighted by Crippen LogP contribution is -2.09. The third-order valence-corrected chi connectivity index (χ3v) is 5.68. The van der Waals surface area contributed by atoms with Crippen LogP contribution < -0.4 is 10.6 Å². The van der Waals surface area contributed by atoms with Crippen LogP contribution in [0.1, 0.15) is 5.56 Å². The Balaban J connectivity index is 1.82. The van der Waals surface area contributed by atoms with E-state index in [0.29, 0.717) is 0 Å². The van der Waals surface area contributed by atoms with Gasteiger partial charge in [0.1, 0.15) is 0 Å². The molecule has 0 amide bonds. The largest absolute Gasteiger partial charge is 0.0622 e. The zero-order chi connectivity index (χ0) is 15.7. The fourth-order valence-corrected chi connectivity index (χ4v) is 4.27. The van der Waals surface area contributed by atoms with Crippen molar-refractivity contribution in [1.29, 1.82) is 0 Å². The Morgan fingerprint density at radius 3 is 1.52 bits per heavy atom. The second-order valence-electron chi connectivity index (χ2n) is 5.15. The van der Waals surface area contributed by atoms with Crippen molar-refractivity contribution in [3.63, 3.8) is 0 Å². The second-order valence-corrected chi connectivity index (χ2v) is 7.22. The molecule has 0 heterocycles. The molecular formula is C22H19P. The molecule has 0 unspecified atom stereocenters. The summed E-state index contributed by atoms with van der Waals surface area (Å²) in [4.78, 5) is 0. The molecule has 0 aromatic heterocycles. The zero-order valence-corrected chi connectivity index (χ0v) is 13.8. The topological polar surface area (TPSA) is 0 Å². The lowest BCUT2D eigenvalue weighted by molar-refractivity contribution is 1.66. The van der Waals surface area contributed by atoms with Crippen LogP contribution in [0.15, 0.2) is 109 Å². The normalized spacial score (nSPS) is 11.5. The Bertz CT molecular complexity index is 719. The van der Waals surface area contributed by atoms with Gasteiger partial charge in [-0.2, -0.15) is 0 Å². The van der Waals surface area contributed by atoms with Gasteiger partial charge in [-0.05, 0) is 24.1 Å². The number of allylic oxidation sites excluding steroid dienone is 2. The van der Waals surface area contributed by atoms with Crippen LogP contribution in [-0.4, -0.2) is 0 Å². The molecule has 0 fully saturated rings. The monoisotopic (exact) mass is 314 g/mol. The van der Waals surface area contributed by atoms with Crippen molar-refractivity contribution in [3.8, 4) is 0 Å². The predicted molar refractivity (Wildman–Crippen MR) is 104 cm³/mol.